The second kappa shape index (κ2) is 6.99. The molecule has 3 aromatic carbocycles. The normalized spacial score (nSPS) is 17.8. The lowest BCUT2D eigenvalue weighted by Gasteiger charge is -2.42. The number of hydrogen-bond acceptors (Lipinski definition) is 1. The highest BCUT2D eigenvalue weighted by Crippen LogP contribution is 2.49. The number of nitrogens with zero attached hydrogens (tertiary/aromatic N) is 2. The summed E-state index contributed by atoms with van der Waals surface area (Å²) in [5.41, 5.74) is 9.69. The topological polar surface area (TPSA) is 8.81 Å². The summed E-state index contributed by atoms with van der Waals surface area (Å²) in [5.74, 6) is 0.533. The predicted molar refractivity (Wildman–Crippen MR) is 137 cm³/mol. The van der Waals surface area contributed by atoms with Crippen LogP contribution in [0.2, 0.25) is 0 Å². The summed E-state index contributed by atoms with van der Waals surface area (Å²) in [4.78, 5) is 2.65. The lowest BCUT2D eigenvalue weighted by atomic mass is 9.63. The number of benzene rings is 3. The molecule has 0 atom stereocenters. The van der Waals surface area contributed by atoms with Crippen LogP contribution in [0.25, 0.3) is 22.4 Å². The van der Waals surface area contributed by atoms with Gasteiger partial charge in [-0.05, 0) is 70.5 Å². The molecule has 0 fully saturated rings. The van der Waals surface area contributed by atoms with Crippen molar-refractivity contribution >= 4 is 22.8 Å². The van der Waals surface area contributed by atoms with Crippen molar-refractivity contribution in [3.8, 4) is 11.4 Å². The highest BCUT2D eigenvalue weighted by Gasteiger charge is 2.38. The molecule has 0 radical (unpaired) electrons. The summed E-state index contributed by atoms with van der Waals surface area (Å²) in [6.07, 6.45) is 6.19. The van der Waals surface area contributed by atoms with E-state index in [0.29, 0.717) is 5.92 Å². The van der Waals surface area contributed by atoms with E-state index in [2.05, 4.69) is 112 Å². The van der Waals surface area contributed by atoms with Crippen molar-refractivity contribution in [1.82, 2.24) is 4.57 Å². The molecule has 2 heterocycles. The van der Waals surface area contributed by atoms with Crippen molar-refractivity contribution in [2.24, 2.45) is 0 Å². The summed E-state index contributed by atoms with van der Waals surface area (Å²) in [6, 6.07) is 20.6. The van der Waals surface area contributed by atoms with Crippen LogP contribution in [-0.4, -0.2) is 4.57 Å². The number of para-hydroxylation sites is 1. The predicted octanol–water partition coefficient (Wildman–Crippen LogP) is 7.64. The molecule has 0 saturated heterocycles. The van der Waals surface area contributed by atoms with E-state index < -0.39 is 0 Å². The molecule has 0 unspecified atom stereocenters. The van der Waals surface area contributed by atoms with Gasteiger partial charge in [0.1, 0.15) is 0 Å². The van der Waals surface area contributed by atoms with Gasteiger partial charge in [-0.15, -0.1) is 0 Å². The third-order valence-corrected chi connectivity index (χ3v) is 8.95. The maximum absolute atomic E-state index is 3.73. The Hall–Kier alpha value is -2.52. The van der Waals surface area contributed by atoms with E-state index in [-0.39, 0.29) is 10.8 Å². The van der Waals surface area contributed by atoms with Crippen molar-refractivity contribution in [2.75, 3.05) is 0 Å². The second-order valence-electron chi connectivity index (χ2n) is 11.4. The van der Waals surface area contributed by atoms with Gasteiger partial charge in [0.05, 0.1) is 22.4 Å². The van der Waals surface area contributed by atoms with E-state index in [1.54, 1.807) is 0 Å². The van der Waals surface area contributed by atoms with Gasteiger partial charge in [0, 0.05) is 9.79 Å². The summed E-state index contributed by atoms with van der Waals surface area (Å²) in [5, 5.41) is 0. The number of hydrogen-bond donors (Lipinski definition) is 0. The van der Waals surface area contributed by atoms with Gasteiger partial charge in [-0.2, -0.15) is 0 Å². The van der Waals surface area contributed by atoms with Crippen molar-refractivity contribution in [3.63, 3.8) is 0 Å². The summed E-state index contributed by atoms with van der Waals surface area (Å²) >= 11 is 1.91. The zero-order chi connectivity index (χ0) is 23.1. The average molecular weight is 453 g/mol. The minimum atomic E-state index is 0.191. The molecular weight excluding hydrogens is 420 g/mol. The second-order valence-corrected chi connectivity index (χ2v) is 12.5. The Kier molecular flexibility index (Phi) is 4.46. The number of aromatic nitrogens is 2. The van der Waals surface area contributed by atoms with Crippen LogP contribution in [0, 0.1) is 6.33 Å². The van der Waals surface area contributed by atoms with E-state index in [9.17, 15) is 0 Å². The molecule has 2 nitrogen and oxygen atoms in total. The van der Waals surface area contributed by atoms with E-state index >= 15 is 0 Å². The first-order valence-corrected chi connectivity index (χ1v) is 12.9. The van der Waals surface area contributed by atoms with Crippen LogP contribution in [0.15, 0.2) is 64.4 Å². The van der Waals surface area contributed by atoms with Gasteiger partial charge in [-0.1, -0.05) is 83.6 Å². The van der Waals surface area contributed by atoms with Crippen molar-refractivity contribution < 1.29 is 4.57 Å². The standard InChI is InChI=1S/C30H32N2S/c1-19(2)20-10-12-21(13-11-20)31-18-32-25-16-22-23(30(5,6)15-14-29(22,3)4)17-27(25)33-26-9-7-8-24(31)28(26)32/h7-13,16-17,19H,14-15H2,1-6H3. The molecule has 168 valence electrons. The Morgan fingerprint density at radius 3 is 2.21 bits per heavy atom. The molecule has 0 N–H and O–H groups in total. The smallest absolute Gasteiger partial charge is 0.269 e. The lowest BCUT2D eigenvalue weighted by molar-refractivity contribution is -0.577. The van der Waals surface area contributed by atoms with Gasteiger partial charge in [0.25, 0.3) is 6.33 Å². The summed E-state index contributed by atoms with van der Waals surface area (Å²) in [7, 11) is 0. The van der Waals surface area contributed by atoms with E-state index in [1.165, 1.54) is 56.0 Å². The van der Waals surface area contributed by atoms with Gasteiger partial charge < -0.3 is 0 Å². The van der Waals surface area contributed by atoms with E-state index in [4.69, 9.17) is 0 Å². The molecular formula is C30H32N2S. The molecule has 1 aliphatic heterocycles. The summed E-state index contributed by atoms with van der Waals surface area (Å²) in [6.45, 7) is 14.1. The zero-order valence-electron chi connectivity index (χ0n) is 20.5. The van der Waals surface area contributed by atoms with Crippen molar-refractivity contribution in [2.45, 2.75) is 80.9 Å². The van der Waals surface area contributed by atoms with Crippen LogP contribution in [-0.2, 0) is 10.8 Å². The van der Waals surface area contributed by atoms with E-state index in [1.807, 2.05) is 11.8 Å². The minimum absolute atomic E-state index is 0.191. The fourth-order valence-corrected chi connectivity index (χ4v) is 6.65. The maximum atomic E-state index is 3.73. The fraction of sp³-hybridized carbons (Fsp3) is 0.367. The molecule has 3 heteroatoms. The van der Waals surface area contributed by atoms with Gasteiger partial charge in [-0.3, -0.25) is 9.13 Å². The first kappa shape index (κ1) is 21.0. The van der Waals surface area contributed by atoms with Crippen LogP contribution in [0.3, 0.4) is 0 Å². The number of rotatable bonds is 2. The third-order valence-electron chi connectivity index (χ3n) is 7.85. The third kappa shape index (κ3) is 3.12. The Morgan fingerprint density at radius 1 is 0.879 bits per heavy atom. The molecule has 0 spiro atoms. The lowest BCUT2D eigenvalue weighted by Crippen LogP contribution is -2.37. The van der Waals surface area contributed by atoms with Crippen molar-refractivity contribution in [3.05, 3.63) is 77.6 Å². The highest BCUT2D eigenvalue weighted by atomic mass is 32.2. The molecule has 0 amide bonds. The van der Waals surface area contributed by atoms with Gasteiger partial charge in [-0.25, -0.2) is 0 Å². The molecule has 0 bridgehead atoms. The molecule has 6 rings (SSSR count). The molecule has 1 aromatic heterocycles. The van der Waals surface area contributed by atoms with Gasteiger partial charge in [0.15, 0.2) is 0 Å². The summed E-state index contributed by atoms with van der Waals surface area (Å²) < 4.78 is 4.54. The number of fused-ring (bicyclic) bond motifs is 3. The van der Waals surface area contributed by atoms with Crippen molar-refractivity contribution in [1.29, 1.82) is 0 Å². The van der Waals surface area contributed by atoms with Crippen LogP contribution < -0.4 is 4.57 Å². The minimum Gasteiger partial charge on any atom is -0.292 e. The van der Waals surface area contributed by atoms with Crippen LogP contribution >= 0.6 is 11.8 Å². The Morgan fingerprint density at radius 2 is 1.55 bits per heavy atom. The monoisotopic (exact) mass is 452 g/mol. The fourth-order valence-electron chi connectivity index (χ4n) is 5.54. The van der Waals surface area contributed by atoms with E-state index in [0.717, 1.165) is 5.69 Å². The Balaban J connectivity index is 1.59. The number of imidazole rings is 1. The highest BCUT2D eigenvalue weighted by molar-refractivity contribution is 7.99. The van der Waals surface area contributed by atoms with Crippen LogP contribution in [0.1, 0.15) is 77.0 Å². The molecule has 33 heavy (non-hydrogen) atoms. The quantitative estimate of drug-likeness (QED) is 0.197. The Labute approximate surface area is 201 Å². The van der Waals surface area contributed by atoms with Gasteiger partial charge >= 0.3 is 0 Å². The SMILES string of the molecule is CC(C)c1ccc(-n2[c-][n+]3c4c(cccc42)Sc2cc4c(cc2-3)C(C)(C)CCC4(C)C)cc1. The molecule has 1 aliphatic carbocycles. The average Bonchev–Trinajstić information content (AvgIpc) is 3.18. The zero-order valence-corrected chi connectivity index (χ0v) is 21.3. The first-order chi connectivity index (χ1) is 15.7. The largest absolute Gasteiger partial charge is 0.292 e. The first-order valence-electron chi connectivity index (χ1n) is 12.1. The maximum Gasteiger partial charge on any atom is 0.269 e. The van der Waals surface area contributed by atoms with Crippen LogP contribution in [0.5, 0.6) is 0 Å². The van der Waals surface area contributed by atoms with Crippen LogP contribution in [0.4, 0.5) is 0 Å². The van der Waals surface area contributed by atoms with Gasteiger partial charge in [0.2, 0.25) is 0 Å². The molecule has 4 aromatic rings. The molecule has 2 aliphatic rings. The molecule has 0 saturated carbocycles. The Bertz CT molecular complexity index is 1400.